The summed E-state index contributed by atoms with van der Waals surface area (Å²) in [7, 11) is 0. The van der Waals surface area contributed by atoms with Gasteiger partial charge in [0.05, 0.1) is 19.1 Å². The summed E-state index contributed by atoms with van der Waals surface area (Å²) in [6.45, 7) is 4.17. The molecule has 1 aromatic rings. The van der Waals surface area contributed by atoms with Gasteiger partial charge in [-0.15, -0.1) is 0 Å². The number of anilines is 1. The molecule has 32 heavy (non-hydrogen) atoms. The van der Waals surface area contributed by atoms with Crippen molar-refractivity contribution in [1.29, 1.82) is 0 Å². The van der Waals surface area contributed by atoms with Crippen LogP contribution in [0.15, 0.2) is 18.3 Å². The van der Waals surface area contributed by atoms with Gasteiger partial charge in [0.15, 0.2) is 0 Å². The van der Waals surface area contributed by atoms with Crippen molar-refractivity contribution >= 4 is 35.9 Å². The van der Waals surface area contributed by atoms with E-state index in [9.17, 15) is 19.2 Å². The highest BCUT2D eigenvalue weighted by Crippen LogP contribution is 2.23. The van der Waals surface area contributed by atoms with Crippen LogP contribution in [-0.2, 0) is 25.5 Å². The molecule has 0 aliphatic carbocycles. The first kappa shape index (κ1) is 24.7. The molecule has 2 heterocycles. The van der Waals surface area contributed by atoms with Crippen LogP contribution in [0.2, 0.25) is 0 Å². The van der Waals surface area contributed by atoms with E-state index >= 15 is 0 Å². The zero-order valence-electron chi connectivity index (χ0n) is 18.2. The lowest BCUT2D eigenvalue weighted by Crippen LogP contribution is -2.62. The van der Waals surface area contributed by atoms with Crippen molar-refractivity contribution in [1.82, 2.24) is 10.3 Å². The average molecular weight is 445 g/mol. The number of carbonyl (C=O) groups excluding carboxylic acids is 4. The third-order valence-corrected chi connectivity index (χ3v) is 4.84. The zero-order chi connectivity index (χ0) is 23.5. The van der Waals surface area contributed by atoms with Gasteiger partial charge >= 0.3 is 18.4 Å². The molecule has 172 valence electrons. The van der Waals surface area contributed by atoms with E-state index in [1.165, 1.54) is 12.3 Å². The minimum absolute atomic E-state index is 0.00924. The predicted molar refractivity (Wildman–Crippen MR) is 113 cm³/mol. The molecule has 0 aromatic carbocycles. The summed E-state index contributed by atoms with van der Waals surface area (Å²) in [5.41, 5.74) is 9.11. The highest BCUT2D eigenvalue weighted by molar-refractivity contribution is 6.30. The minimum atomic E-state index is -0.904. The molecule has 1 N–H and O–H groups in total. The second-order valence-electron chi connectivity index (χ2n) is 7.24. The molecule has 1 fully saturated rings. The van der Waals surface area contributed by atoms with Crippen molar-refractivity contribution in [2.75, 3.05) is 18.1 Å². The van der Waals surface area contributed by atoms with Crippen LogP contribution >= 0.6 is 0 Å². The molecule has 0 bridgehead atoms. The summed E-state index contributed by atoms with van der Waals surface area (Å²) in [5.74, 6) is -1.56. The highest BCUT2D eigenvalue weighted by atomic mass is 16.6. The van der Waals surface area contributed by atoms with Gasteiger partial charge in [-0.05, 0) is 37.0 Å². The largest absolute Gasteiger partial charge is 0.449 e. The Bertz CT molecular complexity index is 876. The Morgan fingerprint density at radius 2 is 1.81 bits per heavy atom. The summed E-state index contributed by atoms with van der Waals surface area (Å²) in [4.78, 5) is 56.5. The van der Waals surface area contributed by atoms with Crippen LogP contribution in [0.5, 0.6) is 0 Å². The average Bonchev–Trinajstić information content (AvgIpc) is 2.77. The van der Waals surface area contributed by atoms with Crippen LogP contribution in [0.25, 0.3) is 5.53 Å². The molecule has 1 aliphatic heterocycles. The Morgan fingerprint density at radius 3 is 2.34 bits per heavy atom. The summed E-state index contributed by atoms with van der Waals surface area (Å²) in [6, 6.07) is 2.26. The monoisotopic (exact) mass is 445 g/mol. The van der Waals surface area contributed by atoms with Crippen LogP contribution in [-0.4, -0.2) is 59.1 Å². The number of β-lactam (4-membered cyclic amide) rings is 1. The number of carbonyl (C=O) groups is 4. The topological polar surface area (TPSA) is 151 Å². The number of imide groups is 1. The van der Waals surface area contributed by atoms with E-state index in [1.54, 1.807) is 6.07 Å². The number of amides is 3. The van der Waals surface area contributed by atoms with E-state index in [4.69, 9.17) is 15.0 Å². The van der Waals surface area contributed by atoms with Gasteiger partial charge in [-0.3, -0.25) is 9.59 Å². The zero-order valence-corrected chi connectivity index (χ0v) is 18.2. The maximum Gasteiger partial charge on any atom is 0.425 e. The van der Waals surface area contributed by atoms with E-state index in [0.717, 1.165) is 24.0 Å². The molecular formula is C21H27N5O6. The summed E-state index contributed by atoms with van der Waals surface area (Å²) < 4.78 is 10.3. The molecule has 0 spiro atoms. The van der Waals surface area contributed by atoms with Gasteiger partial charge in [-0.1, -0.05) is 26.7 Å². The number of ketones is 1. The molecule has 1 saturated heterocycles. The van der Waals surface area contributed by atoms with Crippen molar-refractivity contribution in [3.63, 3.8) is 0 Å². The number of hydrogen-bond donors (Lipinski definition) is 1. The number of rotatable bonds is 11. The molecule has 0 radical (unpaired) electrons. The molecule has 1 aliphatic rings. The van der Waals surface area contributed by atoms with Gasteiger partial charge in [0.1, 0.15) is 11.9 Å². The highest BCUT2D eigenvalue weighted by Gasteiger charge is 2.44. The van der Waals surface area contributed by atoms with E-state index in [1.807, 2.05) is 13.8 Å². The van der Waals surface area contributed by atoms with Gasteiger partial charge < -0.3 is 20.3 Å². The van der Waals surface area contributed by atoms with Crippen LogP contribution in [0, 0.1) is 5.92 Å². The number of hydrogen-bond acceptors (Lipinski definition) is 7. The quantitative estimate of drug-likeness (QED) is 0.180. The number of nitrogens with one attached hydrogen (secondary N) is 1. The molecular weight excluding hydrogens is 418 g/mol. The first-order chi connectivity index (χ1) is 15.4. The Morgan fingerprint density at radius 1 is 1.19 bits per heavy atom. The van der Waals surface area contributed by atoms with Gasteiger partial charge in [0.25, 0.3) is 5.78 Å². The number of aromatic nitrogens is 1. The van der Waals surface area contributed by atoms with Crippen molar-refractivity contribution in [3.05, 3.63) is 29.4 Å². The van der Waals surface area contributed by atoms with Crippen LogP contribution in [0.3, 0.4) is 0 Å². The van der Waals surface area contributed by atoms with Crippen LogP contribution in [0.1, 0.15) is 45.1 Å². The third-order valence-electron chi connectivity index (χ3n) is 4.84. The van der Waals surface area contributed by atoms with E-state index in [2.05, 4.69) is 15.1 Å². The predicted octanol–water partition coefficient (Wildman–Crippen LogP) is 2.29. The van der Waals surface area contributed by atoms with Crippen LogP contribution < -0.4 is 10.2 Å². The van der Waals surface area contributed by atoms with Crippen molar-refractivity contribution in [2.45, 2.75) is 52.0 Å². The van der Waals surface area contributed by atoms with Gasteiger partial charge in [0.2, 0.25) is 5.91 Å². The molecule has 3 amide bonds. The van der Waals surface area contributed by atoms with Gasteiger partial charge in [-0.2, -0.15) is 9.69 Å². The van der Waals surface area contributed by atoms with Gasteiger partial charge in [0, 0.05) is 6.20 Å². The normalized spacial score (nSPS) is 16.8. The molecule has 0 unspecified atom stereocenters. The number of unbranched alkanes of at least 4 members (excludes halogenated alkanes) is 2. The summed E-state index contributed by atoms with van der Waals surface area (Å²) in [6.07, 6.45) is 3.37. The van der Waals surface area contributed by atoms with Crippen molar-refractivity contribution in [2.24, 2.45) is 5.92 Å². The molecule has 11 nitrogen and oxygen atoms in total. The van der Waals surface area contributed by atoms with E-state index in [0.29, 0.717) is 18.4 Å². The number of Topliss-reactive ketones (excluding diaryl/α,β-unsaturated/α-hetero) is 1. The second kappa shape index (κ2) is 12.3. The molecule has 2 rings (SSSR count). The van der Waals surface area contributed by atoms with Crippen molar-refractivity contribution in [3.8, 4) is 0 Å². The third kappa shape index (κ3) is 6.45. The fourth-order valence-corrected chi connectivity index (χ4v) is 3.00. The Kier molecular flexibility index (Phi) is 9.49. The Balaban J connectivity index is 2.21. The first-order valence-electron chi connectivity index (χ1n) is 10.5. The van der Waals surface area contributed by atoms with Gasteiger partial charge in [-0.25, -0.2) is 14.6 Å². The minimum Gasteiger partial charge on any atom is -0.449 e. The fourth-order valence-electron chi connectivity index (χ4n) is 3.00. The Labute approximate surface area is 185 Å². The second-order valence-corrected chi connectivity index (χ2v) is 7.24. The fraction of sp³-hybridized carbons (Fsp3) is 0.524. The summed E-state index contributed by atoms with van der Waals surface area (Å²) in [5, 5.41) is 2.46. The first-order valence-corrected chi connectivity index (χ1v) is 10.5. The molecule has 2 atom stereocenters. The van der Waals surface area contributed by atoms with Crippen molar-refractivity contribution < 1.29 is 33.4 Å². The molecule has 1 aromatic heterocycles. The smallest absolute Gasteiger partial charge is 0.425 e. The standard InChI is InChI=1S/C21H27N5O6/c1-3-5-9-31-20(29)26(21(30)32-10-6-4-2)17-12-14(7-8-23-17)11-15-18(25-19(15)28)16(27)13-24-22/h7-8,12-13,15,18H,3-6,9-11H2,1-2H3,(H,25,28)/t15-,18+/m1/s1. The SMILES string of the molecule is CCCCOC(=O)N(C(=O)OCCCC)c1cc(C[C@H]2C(=O)N[C@@H]2C(=O)C=[N+]=[N-])ccn1. The number of ether oxygens (including phenoxy) is 2. The van der Waals surface area contributed by atoms with E-state index < -0.39 is 29.9 Å². The maximum atomic E-state index is 12.6. The number of pyridine rings is 1. The lowest BCUT2D eigenvalue weighted by molar-refractivity contribution is -0.141. The lowest BCUT2D eigenvalue weighted by Gasteiger charge is -2.34. The van der Waals surface area contributed by atoms with Crippen LogP contribution in [0.4, 0.5) is 15.4 Å². The molecule has 0 saturated carbocycles. The van der Waals surface area contributed by atoms with E-state index in [-0.39, 0.29) is 31.4 Å². The maximum absolute atomic E-state index is 12.6. The summed E-state index contributed by atoms with van der Waals surface area (Å²) >= 11 is 0. The molecule has 11 heteroatoms. The lowest BCUT2D eigenvalue weighted by atomic mass is 9.83. The Hall–Kier alpha value is -3.59. The number of nitrogens with zero attached hydrogens (tertiary/aromatic N) is 4.